The normalized spacial score (nSPS) is 11.4. The fraction of sp³-hybridized carbons (Fsp3) is 0.435. The average Bonchev–Trinajstić information content (AvgIpc) is 3.07. The van der Waals surface area contributed by atoms with Crippen LogP contribution in [0, 0.1) is 19.8 Å². The lowest BCUT2D eigenvalue weighted by Gasteiger charge is -2.21. The minimum atomic E-state index is -0.0743. The van der Waals surface area contributed by atoms with Gasteiger partial charge in [-0.25, -0.2) is 4.98 Å². The maximum atomic E-state index is 13.1. The van der Waals surface area contributed by atoms with E-state index < -0.39 is 0 Å². The first-order chi connectivity index (χ1) is 14.3. The molecule has 30 heavy (non-hydrogen) atoms. The summed E-state index contributed by atoms with van der Waals surface area (Å²) < 4.78 is 1.71. The van der Waals surface area contributed by atoms with Crippen LogP contribution in [0.2, 0.25) is 0 Å². The van der Waals surface area contributed by atoms with Gasteiger partial charge in [0, 0.05) is 24.5 Å². The van der Waals surface area contributed by atoms with E-state index in [4.69, 9.17) is 4.98 Å². The van der Waals surface area contributed by atoms with Crippen LogP contribution < -0.4 is 10.5 Å². The van der Waals surface area contributed by atoms with Gasteiger partial charge in [-0.05, 0) is 56.9 Å². The number of H-pyrrole nitrogens is 1. The molecule has 0 saturated heterocycles. The fourth-order valence-electron chi connectivity index (χ4n) is 3.41. The molecule has 1 N–H and O–H groups in total. The van der Waals surface area contributed by atoms with Crippen molar-refractivity contribution in [3.05, 3.63) is 51.9 Å². The molecule has 3 aromatic rings. The lowest BCUT2D eigenvalue weighted by atomic mass is 10.1. The van der Waals surface area contributed by atoms with Crippen LogP contribution in [0.15, 0.2) is 40.3 Å². The van der Waals surface area contributed by atoms with Gasteiger partial charge in [0.1, 0.15) is 5.52 Å². The molecule has 0 radical (unpaired) electrons. The second kappa shape index (κ2) is 9.51. The monoisotopic (exact) mass is 426 g/mol. The SMILES string of the molecule is CCN(C(=O)CSc1nc2cc(C)[nH]c2c(=O)n1CCC(C)C)c1cccc(C)c1. The number of benzene rings is 1. The predicted molar refractivity (Wildman–Crippen MR) is 124 cm³/mol. The average molecular weight is 427 g/mol. The Bertz CT molecular complexity index is 1100. The third kappa shape index (κ3) is 4.95. The summed E-state index contributed by atoms with van der Waals surface area (Å²) in [7, 11) is 0. The second-order valence-corrected chi connectivity index (χ2v) is 8.95. The molecule has 2 heterocycles. The molecular weight excluding hydrogens is 396 g/mol. The second-order valence-electron chi connectivity index (χ2n) is 8.01. The Hall–Kier alpha value is -2.54. The first kappa shape index (κ1) is 22.2. The van der Waals surface area contributed by atoms with E-state index in [0.717, 1.165) is 23.4 Å². The van der Waals surface area contributed by atoms with Crippen molar-refractivity contribution < 1.29 is 4.79 Å². The summed E-state index contributed by atoms with van der Waals surface area (Å²) in [6.07, 6.45) is 0.874. The van der Waals surface area contributed by atoms with E-state index in [1.807, 2.05) is 51.1 Å². The number of fused-ring (bicyclic) bond motifs is 1. The van der Waals surface area contributed by atoms with Crippen LogP contribution in [-0.4, -0.2) is 32.7 Å². The zero-order chi connectivity index (χ0) is 21.8. The molecule has 0 aliphatic heterocycles. The highest BCUT2D eigenvalue weighted by Gasteiger charge is 2.18. The third-order valence-electron chi connectivity index (χ3n) is 5.02. The molecule has 0 bridgehead atoms. The van der Waals surface area contributed by atoms with E-state index in [0.29, 0.717) is 35.2 Å². The number of nitrogens with one attached hydrogen (secondary N) is 1. The Morgan fingerprint density at radius 3 is 2.70 bits per heavy atom. The molecule has 0 spiro atoms. The van der Waals surface area contributed by atoms with Gasteiger partial charge in [0.25, 0.3) is 5.56 Å². The molecule has 7 heteroatoms. The van der Waals surface area contributed by atoms with Gasteiger partial charge < -0.3 is 9.88 Å². The van der Waals surface area contributed by atoms with Gasteiger partial charge >= 0.3 is 0 Å². The number of aromatic amines is 1. The van der Waals surface area contributed by atoms with E-state index in [1.165, 1.54) is 11.8 Å². The van der Waals surface area contributed by atoms with Gasteiger partial charge in [-0.3, -0.25) is 14.2 Å². The van der Waals surface area contributed by atoms with Crippen LogP contribution in [0.25, 0.3) is 11.0 Å². The molecule has 1 aromatic carbocycles. The predicted octanol–water partition coefficient (Wildman–Crippen LogP) is 4.53. The Balaban J connectivity index is 1.87. The molecule has 0 saturated carbocycles. The molecular formula is C23H30N4O2S. The maximum Gasteiger partial charge on any atom is 0.278 e. The van der Waals surface area contributed by atoms with Crippen molar-refractivity contribution in [1.29, 1.82) is 0 Å². The van der Waals surface area contributed by atoms with Crippen molar-refractivity contribution in [2.24, 2.45) is 5.92 Å². The van der Waals surface area contributed by atoms with Crippen molar-refractivity contribution >= 4 is 34.4 Å². The summed E-state index contributed by atoms with van der Waals surface area (Å²) in [5, 5.41) is 0.598. The van der Waals surface area contributed by atoms with Crippen molar-refractivity contribution in [2.45, 2.75) is 52.7 Å². The summed E-state index contributed by atoms with van der Waals surface area (Å²) in [6, 6.07) is 9.81. The first-order valence-electron chi connectivity index (χ1n) is 10.4. The van der Waals surface area contributed by atoms with Crippen molar-refractivity contribution in [1.82, 2.24) is 14.5 Å². The number of carbonyl (C=O) groups excluding carboxylic acids is 1. The van der Waals surface area contributed by atoms with Crippen molar-refractivity contribution in [3.63, 3.8) is 0 Å². The molecule has 0 aliphatic carbocycles. The largest absolute Gasteiger partial charge is 0.353 e. The number of carbonyl (C=O) groups is 1. The number of amides is 1. The van der Waals surface area contributed by atoms with E-state index in [1.54, 1.807) is 9.47 Å². The fourth-order valence-corrected chi connectivity index (χ4v) is 4.31. The number of aromatic nitrogens is 3. The molecule has 2 aromatic heterocycles. The van der Waals surface area contributed by atoms with Crippen LogP contribution in [0.3, 0.4) is 0 Å². The smallest absolute Gasteiger partial charge is 0.278 e. The van der Waals surface area contributed by atoms with E-state index in [-0.39, 0.29) is 17.2 Å². The lowest BCUT2D eigenvalue weighted by molar-refractivity contribution is -0.116. The number of rotatable bonds is 8. The minimum Gasteiger partial charge on any atom is -0.353 e. The van der Waals surface area contributed by atoms with Gasteiger partial charge in [0.2, 0.25) is 5.91 Å². The molecule has 160 valence electrons. The Morgan fingerprint density at radius 1 is 1.27 bits per heavy atom. The maximum absolute atomic E-state index is 13.1. The molecule has 6 nitrogen and oxygen atoms in total. The molecule has 0 unspecified atom stereocenters. The number of thioether (sulfide) groups is 1. The van der Waals surface area contributed by atoms with Gasteiger partial charge in [0.15, 0.2) is 5.16 Å². The first-order valence-corrected chi connectivity index (χ1v) is 11.4. The van der Waals surface area contributed by atoms with E-state index in [2.05, 4.69) is 18.8 Å². The van der Waals surface area contributed by atoms with Crippen LogP contribution in [0.4, 0.5) is 5.69 Å². The van der Waals surface area contributed by atoms with Gasteiger partial charge in [-0.1, -0.05) is 37.7 Å². The van der Waals surface area contributed by atoms with Gasteiger partial charge in [0.05, 0.1) is 11.3 Å². The number of nitrogens with zero attached hydrogens (tertiary/aromatic N) is 3. The van der Waals surface area contributed by atoms with Crippen LogP contribution in [0.5, 0.6) is 0 Å². The third-order valence-corrected chi connectivity index (χ3v) is 5.98. The topological polar surface area (TPSA) is 71.0 Å². The molecule has 1 amide bonds. The summed E-state index contributed by atoms with van der Waals surface area (Å²) in [6.45, 7) is 11.3. The summed E-state index contributed by atoms with van der Waals surface area (Å²) in [4.78, 5) is 35.6. The zero-order valence-electron chi connectivity index (χ0n) is 18.4. The van der Waals surface area contributed by atoms with Crippen LogP contribution in [-0.2, 0) is 11.3 Å². The summed E-state index contributed by atoms with van der Waals surface area (Å²) >= 11 is 1.33. The van der Waals surface area contributed by atoms with Crippen LogP contribution >= 0.6 is 11.8 Å². The van der Waals surface area contributed by atoms with Crippen molar-refractivity contribution in [3.8, 4) is 0 Å². The molecule has 0 fully saturated rings. The standard InChI is InChI=1S/C23H30N4O2S/c1-6-26(18-9-7-8-16(4)12-18)20(28)14-30-23-25-19-13-17(5)24-21(19)22(29)27(23)11-10-15(2)3/h7-9,12-13,15,24H,6,10-11,14H2,1-5H3. The minimum absolute atomic E-state index is 0.00287. The molecule has 0 aliphatic rings. The molecule has 0 atom stereocenters. The van der Waals surface area contributed by atoms with Gasteiger partial charge in [-0.2, -0.15) is 0 Å². The highest BCUT2D eigenvalue weighted by Crippen LogP contribution is 2.22. The Kier molecular flexibility index (Phi) is 7.02. The number of aryl methyl sites for hydroxylation is 2. The summed E-state index contributed by atoms with van der Waals surface area (Å²) in [5.74, 6) is 0.697. The van der Waals surface area contributed by atoms with E-state index in [9.17, 15) is 9.59 Å². The van der Waals surface area contributed by atoms with Crippen molar-refractivity contribution in [2.75, 3.05) is 17.2 Å². The number of hydrogen-bond donors (Lipinski definition) is 1. The highest BCUT2D eigenvalue weighted by atomic mass is 32.2. The van der Waals surface area contributed by atoms with Gasteiger partial charge in [-0.15, -0.1) is 0 Å². The lowest BCUT2D eigenvalue weighted by Crippen LogP contribution is -2.32. The Morgan fingerprint density at radius 2 is 2.03 bits per heavy atom. The molecule has 3 rings (SSSR count). The number of hydrogen-bond acceptors (Lipinski definition) is 4. The summed E-state index contributed by atoms with van der Waals surface area (Å²) in [5.41, 5.74) is 4.02. The van der Waals surface area contributed by atoms with E-state index >= 15 is 0 Å². The Labute approximate surface area is 181 Å². The quantitative estimate of drug-likeness (QED) is 0.424. The highest BCUT2D eigenvalue weighted by molar-refractivity contribution is 7.99. The van der Waals surface area contributed by atoms with Crippen LogP contribution in [0.1, 0.15) is 38.4 Å². The number of anilines is 1. The zero-order valence-corrected chi connectivity index (χ0v) is 19.2.